The van der Waals surface area contributed by atoms with Crippen LogP contribution in [0, 0.1) is 6.92 Å². The van der Waals surface area contributed by atoms with E-state index in [-0.39, 0.29) is 12.3 Å². The Bertz CT molecular complexity index is 408. The van der Waals surface area contributed by atoms with Gasteiger partial charge in [-0.25, -0.2) is 4.98 Å². The van der Waals surface area contributed by atoms with Gasteiger partial charge in [-0.15, -0.1) is 0 Å². The Kier molecular flexibility index (Phi) is 2.75. The number of hydrogen-bond acceptors (Lipinski definition) is 3. The first-order valence-corrected chi connectivity index (χ1v) is 5.48. The monoisotopic (exact) mass is 270 g/mol. The average molecular weight is 271 g/mol. The summed E-state index contributed by atoms with van der Waals surface area (Å²) in [6, 6.07) is 1.85. The lowest BCUT2D eigenvalue weighted by Gasteiger charge is -2.17. The summed E-state index contributed by atoms with van der Waals surface area (Å²) in [5, 5.41) is 9.38. The van der Waals surface area contributed by atoms with E-state index < -0.39 is 6.10 Å². The van der Waals surface area contributed by atoms with Gasteiger partial charge in [0.2, 0.25) is 5.91 Å². The highest BCUT2D eigenvalue weighted by Gasteiger charge is 2.29. The largest absolute Gasteiger partial charge is 0.391 e. The van der Waals surface area contributed by atoms with Crippen molar-refractivity contribution in [3.05, 3.63) is 22.4 Å². The second-order valence-electron chi connectivity index (χ2n) is 3.66. The molecule has 1 N–H and O–H groups in total. The van der Waals surface area contributed by atoms with Crippen LogP contribution in [0.2, 0.25) is 0 Å². The summed E-state index contributed by atoms with van der Waals surface area (Å²) in [5.41, 5.74) is 1.75. The number of aryl methyl sites for hydroxylation is 1. The zero-order valence-corrected chi connectivity index (χ0v) is 9.86. The number of aliphatic hydroxyl groups is 1. The Balaban J connectivity index is 2.34. The number of carbonyl (C=O) groups excluding carboxylic acids is 1. The first-order valence-electron chi connectivity index (χ1n) is 4.68. The molecule has 2 heterocycles. The second kappa shape index (κ2) is 3.90. The van der Waals surface area contributed by atoms with Crippen LogP contribution in [0.25, 0.3) is 0 Å². The van der Waals surface area contributed by atoms with E-state index in [9.17, 15) is 9.90 Å². The highest BCUT2D eigenvalue weighted by atomic mass is 79.9. The molecule has 1 aliphatic heterocycles. The van der Waals surface area contributed by atoms with Gasteiger partial charge in [-0.2, -0.15) is 0 Å². The number of rotatable bonds is 1. The third-order valence-electron chi connectivity index (χ3n) is 2.45. The molecule has 0 radical (unpaired) electrons. The molecule has 80 valence electrons. The Morgan fingerprint density at radius 1 is 1.67 bits per heavy atom. The number of pyridine rings is 1. The molecular weight excluding hydrogens is 260 g/mol. The maximum absolute atomic E-state index is 11.5. The molecule has 0 saturated carbocycles. The molecule has 1 saturated heterocycles. The normalized spacial score (nSPS) is 21.1. The molecule has 1 aliphatic rings. The van der Waals surface area contributed by atoms with E-state index in [2.05, 4.69) is 20.9 Å². The molecule has 0 aromatic carbocycles. The Labute approximate surface area is 96.1 Å². The quantitative estimate of drug-likeness (QED) is 0.782. The summed E-state index contributed by atoms with van der Waals surface area (Å²) < 4.78 is 0.746. The van der Waals surface area contributed by atoms with E-state index in [1.165, 1.54) is 0 Å². The van der Waals surface area contributed by atoms with Crippen molar-refractivity contribution in [1.29, 1.82) is 0 Å². The average Bonchev–Trinajstić information content (AvgIpc) is 2.45. The standard InChI is InChI=1S/C10H11BrN2O2/c1-6-2-9(11)12-4-8(6)13-5-7(14)3-10(13)15/h2,4,7,14H,3,5H2,1H3. The molecule has 1 fully saturated rings. The highest BCUT2D eigenvalue weighted by molar-refractivity contribution is 9.10. The predicted octanol–water partition coefficient (Wildman–Crippen LogP) is 1.25. The number of anilines is 1. The molecule has 0 bridgehead atoms. The lowest BCUT2D eigenvalue weighted by molar-refractivity contribution is -0.117. The fraction of sp³-hybridized carbons (Fsp3) is 0.400. The minimum Gasteiger partial charge on any atom is -0.391 e. The van der Waals surface area contributed by atoms with Crippen LogP contribution in [0.4, 0.5) is 5.69 Å². The van der Waals surface area contributed by atoms with Crippen LogP contribution in [-0.4, -0.2) is 28.6 Å². The van der Waals surface area contributed by atoms with Gasteiger partial charge in [-0.1, -0.05) is 0 Å². The van der Waals surface area contributed by atoms with Crippen LogP contribution < -0.4 is 4.90 Å². The number of amides is 1. The van der Waals surface area contributed by atoms with Crippen LogP contribution in [0.15, 0.2) is 16.9 Å². The summed E-state index contributed by atoms with van der Waals surface area (Å²) in [5.74, 6) is -0.0466. The topological polar surface area (TPSA) is 53.4 Å². The number of aliphatic hydroxyl groups excluding tert-OH is 1. The molecule has 1 atom stereocenters. The van der Waals surface area contributed by atoms with Gasteiger partial charge in [-0.05, 0) is 34.5 Å². The van der Waals surface area contributed by atoms with Crippen molar-refractivity contribution in [1.82, 2.24) is 4.98 Å². The van der Waals surface area contributed by atoms with Gasteiger partial charge in [0.15, 0.2) is 0 Å². The van der Waals surface area contributed by atoms with Gasteiger partial charge in [0.25, 0.3) is 0 Å². The zero-order chi connectivity index (χ0) is 11.0. The van der Waals surface area contributed by atoms with Crippen molar-refractivity contribution in [2.24, 2.45) is 0 Å². The van der Waals surface area contributed by atoms with Crippen LogP contribution in [0.5, 0.6) is 0 Å². The molecular formula is C10H11BrN2O2. The first kappa shape index (κ1) is 10.6. The Morgan fingerprint density at radius 2 is 2.40 bits per heavy atom. The van der Waals surface area contributed by atoms with Gasteiger partial charge in [-0.3, -0.25) is 4.79 Å². The molecule has 1 amide bonds. The highest BCUT2D eigenvalue weighted by Crippen LogP contribution is 2.25. The number of carbonyl (C=O) groups is 1. The predicted molar refractivity (Wildman–Crippen MR) is 59.7 cm³/mol. The van der Waals surface area contributed by atoms with Gasteiger partial charge in [0.1, 0.15) is 4.60 Å². The molecule has 1 aromatic rings. The van der Waals surface area contributed by atoms with Crippen molar-refractivity contribution < 1.29 is 9.90 Å². The fourth-order valence-corrected chi connectivity index (χ4v) is 2.16. The van der Waals surface area contributed by atoms with E-state index >= 15 is 0 Å². The minimum absolute atomic E-state index is 0.0466. The number of β-amino-alcohol motifs (C(OH)–C–C–N with tert-alkyl or cyclic N) is 1. The molecule has 15 heavy (non-hydrogen) atoms. The van der Waals surface area contributed by atoms with E-state index in [0.29, 0.717) is 6.54 Å². The van der Waals surface area contributed by atoms with Crippen molar-refractivity contribution >= 4 is 27.5 Å². The number of halogens is 1. The van der Waals surface area contributed by atoms with Crippen molar-refractivity contribution in [2.75, 3.05) is 11.4 Å². The third-order valence-corrected chi connectivity index (χ3v) is 2.88. The van der Waals surface area contributed by atoms with Crippen molar-refractivity contribution in [3.8, 4) is 0 Å². The van der Waals surface area contributed by atoms with Gasteiger partial charge >= 0.3 is 0 Å². The van der Waals surface area contributed by atoms with Gasteiger partial charge in [0.05, 0.1) is 31.0 Å². The van der Waals surface area contributed by atoms with E-state index in [1.807, 2.05) is 13.0 Å². The van der Waals surface area contributed by atoms with Crippen LogP contribution in [-0.2, 0) is 4.79 Å². The third kappa shape index (κ3) is 2.03. The van der Waals surface area contributed by atoms with Crippen LogP contribution in [0.1, 0.15) is 12.0 Å². The fourth-order valence-electron chi connectivity index (χ4n) is 1.72. The lowest BCUT2D eigenvalue weighted by atomic mass is 10.2. The summed E-state index contributed by atoms with van der Waals surface area (Å²) >= 11 is 3.27. The van der Waals surface area contributed by atoms with Gasteiger partial charge in [0, 0.05) is 0 Å². The zero-order valence-electron chi connectivity index (χ0n) is 8.27. The molecule has 0 spiro atoms. The first-order chi connectivity index (χ1) is 7.08. The maximum Gasteiger partial charge on any atom is 0.229 e. The SMILES string of the molecule is Cc1cc(Br)ncc1N1CC(O)CC1=O. The summed E-state index contributed by atoms with van der Waals surface area (Å²) in [6.07, 6.45) is 1.30. The molecule has 1 unspecified atom stereocenters. The van der Waals surface area contributed by atoms with E-state index in [4.69, 9.17) is 0 Å². The number of aromatic nitrogens is 1. The maximum atomic E-state index is 11.5. The van der Waals surface area contributed by atoms with Crippen LogP contribution >= 0.6 is 15.9 Å². The molecule has 5 heteroatoms. The summed E-state index contributed by atoms with van der Waals surface area (Å²) in [4.78, 5) is 17.2. The minimum atomic E-state index is -0.555. The smallest absolute Gasteiger partial charge is 0.229 e. The second-order valence-corrected chi connectivity index (χ2v) is 4.47. The van der Waals surface area contributed by atoms with E-state index in [0.717, 1.165) is 15.9 Å². The summed E-state index contributed by atoms with van der Waals surface area (Å²) in [6.45, 7) is 2.28. The lowest BCUT2D eigenvalue weighted by Crippen LogP contribution is -2.26. The molecule has 0 aliphatic carbocycles. The Hall–Kier alpha value is -0.940. The number of nitrogens with zero attached hydrogens (tertiary/aromatic N) is 2. The Morgan fingerprint density at radius 3 is 2.93 bits per heavy atom. The molecule has 4 nitrogen and oxygen atoms in total. The number of hydrogen-bond donors (Lipinski definition) is 1. The summed E-state index contributed by atoms with van der Waals surface area (Å²) in [7, 11) is 0. The van der Waals surface area contributed by atoms with Gasteiger partial charge < -0.3 is 10.0 Å². The molecule has 2 rings (SSSR count). The van der Waals surface area contributed by atoms with Crippen LogP contribution in [0.3, 0.4) is 0 Å². The van der Waals surface area contributed by atoms with Crippen molar-refractivity contribution in [2.45, 2.75) is 19.4 Å². The van der Waals surface area contributed by atoms with Crippen molar-refractivity contribution in [3.63, 3.8) is 0 Å². The molecule has 1 aromatic heterocycles. The van der Waals surface area contributed by atoms with E-state index in [1.54, 1.807) is 11.1 Å².